The van der Waals surface area contributed by atoms with Crippen LogP contribution in [0.3, 0.4) is 0 Å². The van der Waals surface area contributed by atoms with Gasteiger partial charge in [-0.1, -0.05) is 12.1 Å². The van der Waals surface area contributed by atoms with E-state index in [1.807, 2.05) is 23.7 Å². The van der Waals surface area contributed by atoms with Crippen molar-refractivity contribution in [3.05, 3.63) is 29.8 Å². The van der Waals surface area contributed by atoms with Gasteiger partial charge in [0.2, 0.25) is 0 Å². The zero-order valence-corrected chi connectivity index (χ0v) is 11.1. The minimum absolute atomic E-state index is 0. The van der Waals surface area contributed by atoms with Crippen molar-refractivity contribution in [2.24, 2.45) is 0 Å². The first-order chi connectivity index (χ1) is 5.88. The average Bonchev–Trinajstić information content (AvgIpc) is 2.52. The number of nitrogens with zero attached hydrogens (tertiary/aromatic N) is 1. The molecule has 13 heavy (non-hydrogen) atoms. The molecule has 0 aliphatic heterocycles. The maximum Gasteiger partial charge on any atom is 0.0812 e. The summed E-state index contributed by atoms with van der Waals surface area (Å²) >= 11 is 1.20. The molecule has 0 saturated carbocycles. The molecular formula is C7H8Cl2N2PtS. The van der Waals surface area contributed by atoms with Crippen LogP contribution in [-0.4, -0.2) is 4.98 Å². The Morgan fingerprint density at radius 2 is 1.85 bits per heavy atom. The van der Waals surface area contributed by atoms with Crippen LogP contribution < -0.4 is 6.15 Å². The molecule has 6 heteroatoms. The third-order valence-electron chi connectivity index (χ3n) is 1.24. The van der Waals surface area contributed by atoms with E-state index in [0.717, 1.165) is 5.52 Å². The number of para-hydroxylation sites is 1. The number of rotatable bonds is 0. The van der Waals surface area contributed by atoms with Gasteiger partial charge < -0.3 is 6.15 Å². The van der Waals surface area contributed by atoms with Crippen molar-refractivity contribution in [3.63, 3.8) is 0 Å². The van der Waals surface area contributed by atoms with E-state index in [1.165, 1.54) is 4.70 Å². The van der Waals surface area contributed by atoms with Crippen LogP contribution in [0.2, 0.25) is 0 Å². The minimum Gasteiger partial charge on any atom is -0.245 e. The van der Waals surface area contributed by atoms with Gasteiger partial charge in [-0.15, -0.1) is 11.3 Å². The summed E-state index contributed by atoms with van der Waals surface area (Å²) in [5.41, 5.74) is 2.97. The molecule has 0 bridgehead atoms. The molecule has 0 amide bonds. The van der Waals surface area contributed by atoms with Crippen LogP contribution in [0.5, 0.6) is 0 Å². The van der Waals surface area contributed by atoms with Gasteiger partial charge in [0, 0.05) is 0 Å². The quantitative estimate of drug-likeness (QED) is 0.707. The average molecular weight is 418 g/mol. The Hall–Kier alpha value is 0.338. The minimum atomic E-state index is -0.472. The molecular weight excluding hydrogens is 410 g/mol. The molecule has 2 nitrogen and oxygen atoms in total. The van der Waals surface area contributed by atoms with Gasteiger partial charge in [0.15, 0.2) is 0 Å². The molecule has 3 N–H and O–H groups in total. The van der Waals surface area contributed by atoms with Crippen molar-refractivity contribution in [1.29, 1.82) is 0 Å². The first-order valence-corrected chi connectivity index (χ1v) is 9.50. The van der Waals surface area contributed by atoms with Gasteiger partial charge in [0.1, 0.15) is 0 Å². The Labute approximate surface area is 97.2 Å². The summed E-state index contributed by atoms with van der Waals surface area (Å²) in [5, 5.41) is 0. The van der Waals surface area contributed by atoms with Crippen molar-refractivity contribution < 1.29 is 16.5 Å². The number of hydrogen-bond acceptors (Lipinski definition) is 3. The summed E-state index contributed by atoms with van der Waals surface area (Å²) in [4.78, 5) is 4.14. The van der Waals surface area contributed by atoms with E-state index in [1.54, 1.807) is 11.3 Å². The third-order valence-corrected chi connectivity index (χ3v) is 2.05. The SMILES string of the molecule is N.[Cl][Pt][Cl].c1ccc2scnc2c1. The van der Waals surface area contributed by atoms with Gasteiger partial charge in [0.25, 0.3) is 0 Å². The fourth-order valence-electron chi connectivity index (χ4n) is 0.803. The molecule has 0 saturated heterocycles. The van der Waals surface area contributed by atoms with Gasteiger partial charge in [-0.3, -0.25) is 0 Å². The summed E-state index contributed by atoms with van der Waals surface area (Å²) in [7, 11) is 9.75. The van der Waals surface area contributed by atoms with Gasteiger partial charge in [0.05, 0.1) is 15.7 Å². The zero-order valence-electron chi connectivity index (χ0n) is 6.52. The van der Waals surface area contributed by atoms with Crippen LogP contribution in [-0.2, 0) is 16.5 Å². The number of thiazole rings is 1. The van der Waals surface area contributed by atoms with Gasteiger partial charge in [-0.2, -0.15) is 0 Å². The standard InChI is InChI=1S/C7H5NS.2ClH.H3N.Pt/c1-2-4-7-6(3-1)8-5-9-7;;;;/h1-5H;2*1H;1H3;/q;;;;+2/p-2. The molecule has 0 radical (unpaired) electrons. The van der Waals surface area contributed by atoms with Gasteiger partial charge in [-0.05, 0) is 12.1 Å². The van der Waals surface area contributed by atoms with Crippen LogP contribution in [0.4, 0.5) is 0 Å². The Balaban J connectivity index is 0.000000324. The third kappa shape index (κ3) is 4.39. The Morgan fingerprint density at radius 3 is 2.46 bits per heavy atom. The summed E-state index contributed by atoms with van der Waals surface area (Å²) in [6, 6.07) is 8.13. The van der Waals surface area contributed by atoms with Crippen molar-refractivity contribution in [2.75, 3.05) is 0 Å². The number of halogens is 2. The Kier molecular flexibility index (Phi) is 7.92. The van der Waals surface area contributed by atoms with Crippen molar-refractivity contribution in [3.8, 4) is 0 Å². The van der Waals surface area contributed by atoms with Crippen LogP contribution in [0.15, 0.2) is 29.8 Å². The second-order valence-electron chi connectivity index (χ2n) is 1.87. The van der Waals surface area contributed by atoms with E-state index in [-0.39, 0.29) is 6.15 Å². The molecule has 0 atom stereocenters. The fourth-order valence-corrected chi connectivity index (χ4v) is 1.48. The van der Waals surface area contributed by atoms with Gasteiger partial charge in [-0.25, -0.2) is 4.98 Å². The zero-order chi connectivity index (χ0) is 8.81. The van der Waals surface area contributed by atoms with Crippen LogP contribution >= 0.6 is 30.2 Å². The van der Waals surface area contributed by atoms with Gasteiger partial charge >= 0.3 is 35.3 Å². The number of hydrogen-bond donors (Lipinski definition) is 1. The van der Waals surface area contributed by atoms with E-state index >= 15 is 0 Å². The number of benzene rings is 1. The van der Waals surface area contributed by atoms with Crippen molar-refractivity contribution in [2.45, 2.75) is 0 Å². The Morgan fingerprint density at radius 1 is 1.23 bits per heavy atom. The van der Waals surface area contributed by atoms with Crippen molar-refractivity contribution in [1.82, 2.24) is 11.1 Å². The smallest absolute Gasteiger partial charge is 0.0812 e. The molecule has 76 valence electrons. The summed E-state index contributed by atoms with van der Waals surface area (Å²) in [6.45, 7) is 0. The maximum atomic E-state index is 4.88. The van der Waals surface area contributed by atoms with E-state index in [2.05, 4.69) is 11.1 Å². The predicted molar refractivity (Wildman–Crippen MR) is 56.3 cm³/mol. The van der Waals surface area contributed by atoms with E-state index in [0.29, 0.717) is 0 Å². The predicted octanol–water partition coefficient (Wildman–Crippen LogP) is 3.83. The molecule has 0 spiro atoms. The molecule has 2 aromatic rings. The first kappa shape index (κ1) is 13.3. The molecule has 1 heterocycles. The largest absolute Gasteiger partial charge is 0.245 e. The van der Waals surface area contributed by atoms with Crippen LogP contribution in [0.1, 0.15) is 0 Å². The second kappa shape index (κ2) is 7.72. The monoisotopic (exact) mass is 417 g/mol. The number of fused-ring (bicyclic) bond motifs is 1. The van der Waals surface area contributed by atoms with E-state index < -0.39 is 16.5 Å². The normalized spacial score (nSPS) is 8.77. The fraction of sp³-hybridized carbons (Fsp3) is 0. The van der Waals surface area contributed by atoms with E-state index in [4.69, 9.17) is 18.8 Å². The molecule has 0 aliphatic rings. The maximum absolute atomic E-state index is 4.88. The molecule has 0 fully saturated rings. The molecule has 0 aliphatic carbocycles. The Bertz CT molecular complexity index is 311. The van der Waals surface area contributed by atoms with Crippen LogP contribution in [0.25, 0.3) is 10.2 Å². The van der Waals surface area contributed by atoms with Crippen molar-refractivity contribution >= 4 is 40.4 Å². The molecule has 0 unspecified atom stereocenters. The number of aromatic nitrogens is 1. The topological polar surface area (TPSA) is 47.9 Å². The summed E-state index contributed by atoms with van der Waals surface area (Å²) < 4.78 is 1.26. The summed E-state index contributed by atoms with van der Waals surface area (Å²) in [5.74, 6) is 0. The van der Waals surface area contributed by atoms with E-state index in [9.17, 15) is 0 Å². The second-order valence-corrected chi connectivity index (χ2v) is 6.03. The summed E-state index contributed by atoms with van der Waals surface area (Å²) in [6.07, 6.45) is 0. The first-order valence-electron chi connectivity index (χ1n) is 2.99. The van der Waals surface area contributed by atoms with Crippen LogP contribution in [0, 0.1) is 0 Å². The molecule has 1 aromatic carbocycles. The molecule has 2 rings (SSSR count). The molecule has 1 aromatic heterocycles.